The Bertz CT molecular complexity index is 475. The fourth-order valence-corrected chi connectivity index (χ4v) is 1.78. The minimum absolute atomic E-state index is 0.458. The van der Waals surface area contributed by atoms with Gasteiger partial charge in [0.25, 0.3) is 0 Å². The van der Waals surface area contributed by atoms with Crippen LogP contribution in [0.3, 0.4) is 0 Å². The smallest absolute Gasteiger partial charge is 0.0620 e. The predicted octanol–water partition coefficient (Wildman–Crippen LogP) is 2.66. The van der Waals surface area contributed by atoms with Gasteiger partial charge >= 0.3 is 0 Å². The molecule has 14 heavy (non-hydrogen) atoms. The summed E-state index contributed by atoms with van der Waals surface area (Å²) in [4.78, 5) is 4.38. The minimum atomic E-state index is 0.458. The fraction of sp³-hybridized carbons (Fsp3) is 0.182. The van der Waals surface area contributed by atoms with Crippen molar-refractivity contribution in [3.63, 3.8) is 0 Å². The molecule has 2 N–H and O–H groups in total. The van der Waals surface area contributed by atoms with Crippen LogP contribution in [0.4, 0.5) is 0 Å². The summed E-state index contributed by atoms with van der Waals surface area (Å²) in [6.45, 7) is 2.42. The van der Waals surface area contributed by atoms with Crippen LogP contribution in [-0.4, -0.2) is 4.98 Å². The van der Waals surface area contributed by atoms with E-state index in [0.29, 0.717) is 6.54 Å². The number of hydrogen-bond donors (Lipinski definition) is 1. The van der Waals surface area contributed by atoms with Crippen LogP contribution >= 0.6 is 11.6 Å². The van der Waals surface area contributed by atoms with Crippen LogP contribution in [0.15, 0.2) is 24.3 Å². The zero-order chi connectivity index (χ0) is 10.1. The average Bonchev–Trinajstić information content (AvgIpc) is 2.15. The molecule has 72 valence electrons. The molecule has 1 heterocycles. The van der Waals surface area contributed by atoms with Crippen molar-refractivity contribution in [1.82, 2.24) is 4.98 Å². The molecule has 0 spiro atoms. The molecule has 0 unspecified atom stereocenters. The van der Waals surface area contributed by atoms with E-state index in [2.05, 4.69) is 4.98 Å². The summed E-state index contributed by atoms with van der Waals surface area (Å²) in [5, 5.41) is 2.93. The average molecular weight is 207 g/mol. The molecule has 0 aliphatic heterocycles. The maximum atomic E-state index is 5.91. The monoisotopic (exact) mass is 206 g/mol. The van der Waals surface area contributed by atoms with Crippen molar-refractivity contribution in [3.8, 4) is 0 Å². The van der Waals surface area contributed by atoms with Crippen molar-refractivity contribution in [2.24, 2.45) is 5.73 Å². The lowest BCUT2D eigenvalue weighted by molar-refractivity contribution is 0.988. The van der Waals surface area contributed by atoms with Crippen molar-refractivity contribution in [3.05, 3.63) is 40.7 Å². The van der Waals surface area contributed by atoms with Gasteiger partial charge in [-0.2, -0.15) is 0 Å². The van der Waals surface area contributed by atoms with Crippen LogP contribution < -0.4 is 5.73 Å². The number of nitrogens with two attached hydrogens (primary N) is 1. The Balaban J connectivity index is 2.81. The Morgan fingerprint density at radius 2 is 2.14 bits per heavy atom. The normalized spacial score (nSPS) is 10.8. The largest absolute Gasteiger partial charge is 0.325 e. The highest BCUT2D eigenvalue weighted by molar-refractivity contribution is 6.31. The first-order valence-corrected chi connectivity index (χ1v) is 4.84. The molecule has 0 aliphatic carbocycles. The predicted molar refractivity (Wildman–Crippen MR) is 59.4 cm³/mol. The van der Waals surface area contributed by atoms with Crippen LogP contribution in [0.1, 0.15) is 11.4 Å². The van der Waals surface area contributed by atoms with E-state index in [9.17, 15) is 0 Å². The molecule has 0 saturated carbocycles. The van der Waals surface area contributed by atoms with Crippen LogP contribution in [0.25, 0.3) is 10.8 Å². The molecule has 3 heteroatoms. The Hall–Kier alpha value is -1.12. The van der Waals surface area contributed by atoms with Gasteiger partial charge in [0.1, 0.15) is 0 Å². The van der Waals surface area contributed by atoms with Crippen molar-refractivity contribution >= 4 is 22.4 Å². The van der Waals surface area contributed by atoms with Crippen LogP contribution in [0, 0.1) is 6.92 Å². The zero-order valence-corrected chi connectivity index (χ0v) is 8.67. The Morgan fingerprint density at radius 1 is 1.36 bits per heavy atom. The molecule has 0 atom stereocenters. The number of aromatic nitrogens is 1. The van der Waals surface area contributed by atoms with E-state index in [4.69, 9.17) is 17.3 Å². The van der Waals surface area contributed by atoms with Gasteiger partial charge in [0.05, 0.1) is 5.69 Å². The van der Waals surface area contributed by atoms with Gasteiger partial charge in [-0.15, -0.1) is 0 Å². The third-order valence-electron chi connectivity index (χ3n) is 2.19. The van der Waals surface area contributed by atoms with E-state index in [0.717, 1.165) is 27.2 Å². The van der Waals surface area contributed by atoms with Gasteiger partial charge in [-0.3, -0.25) is 4.98 Å². The number of rotatable bonds is 1. The quantitative estimate of drug-likeness (QED) is 0.779. The molecule has 0 radical (unpaired) electrons. The van der Waals surface area contributed by atoms with E-state index in [1.165, 1.54) is 0 Å². The van der Waals surface area contributed by atoms with Crippen molar-refractivity contribution in [2.75, 3.05) is 0 Å². The standard InChI is InChI=1S/C11H11ClN2/c1-7-4-8-5-9(12)2-3-10(8)11(6-13)14-7/h2-5H,6,13H2,1H3. The number of fused-ring (bicyclic) bond motifs is 1. The Kier molecular flexibility index (Phi) is 2.40. The van der Waals surface area contributed by atoms with Gasteiger partial charge in [0.15, 0.2) is 0 Å². The summed E-state index contributed by atoms with van der Waals surface area (Å²) in [7, 11) is 0. The van der Waals surface area contributed by atoms with Crippen LogP contribution in [-0.2, 0) is 6.54 Å². The summed E-state index contributed by atoms with van der Waals surface area (Å²) in [5.41, 5.74) is 7.53. The summed E-state index contributed by atoms with van der Waals surface area (Å²) in [6, 6.07) is 7.78. The molecule has 0 amide bonds. The first-order chi connectivity index (χ1) is 6.70. The lowest BCUT2D eigenvalue weighted by Gasteiger charge is -2.05. The Morgan fingerprint density at radius 3 is 2.86 bits per heavy atom. The highest BCUT2D eigenvalue weighted by Crippen LogP contribution is 2.22. The molecular formula is C11H11ClN2. The van der Waals surface area contributed by atoms with Gasteiger partial charge in [-0.1, -0.05) is 17.7 Å². The van der Waals surface area contributed by atoms with E-state index >= 15 is 0 Å². The maximum absolute atomic E-state index is 5.91. The molecule has 0 fully saturated rings. The van der Waals surface area contributed by atoms with Crippen LogP contribution in [0.5, 0.6) is 0 Å². The van der Waals surface area contributed by atoms with Gasteiger partial charge < -0.3 is 5.73 Å². The zero-order valence-electron chi connectivity index (χ0n) is 7.92. The third kappa shape index (κ3) is 1.59. The van der Waals surface area contributed by atoms with Crippen molar-refractivity contribution in [1.29, 1.82) is 0 Å². The molecule has 2 nitrogen and oxygen atoms in total. The Labute approximate surface area is 87.7 Å². The number of nitrogens with zero attached hydrogens (tertiary/aromatic N) is 1. The molecule has 0 saturated heterocycles. The number of hydrogen-bond acceptors (Lipinski definition) is 2. The molecule has 2 rings (SSSR count). The number of pyridine rings is 1. The van der Waals surface area contributed by atoms with Gasteiger partial charge in [0.2, 0.25) is 0 Å². The lowest BCUT2D eigenvalue weighted by atomic mass is 10.1. The highest BCUT2D eigenvalue weighted by atomic mass is 35.5. The van der Waals surface area contributed by atoms with E-state index in [-0.39, 0.29) is 0 Å². The van der Waals surface area contributed by atoms with E-state index in [1.54, 1.807) is 0 Å². The summed E-state index contributed by atoms with van der Waals surface area (Å²) >= 11 is 5.91. The topological polar surface area (TPSA) is 38.9 Å². The summed E-state index contributed by atoms with van der Waals surface area (Å²) < 4.78 is 0. The van der Waals surface area contributed by atoms with Gasteiger partial charge in [0, 0.05) is 22.6 Å². The first-order valence-electron chi connectivity index (χ1n) is 4.46. The third-order valence-corrected chi connectivity index (χ3v) is 2.43. The summed E-state index contributed by atoms with van der Waals surface area (Å²) in [5.74, 6) is 0. The molecule has 0 bridgehead atoms. The van der Waals surface area contributed by atoms with Gasteiger partial charge in [-0.25, -0.2) is 0 Å². The summed E-state index contributed by atoms with van der Waals surface area (Å²) in [6.07, 6.45) is 0. The van der Waals surface area contributed by atoms with Crippen molar-refractivity contribution in [2.45, 2.75) is 13.5 Å². The molecular weight excluding hydrogens is 196 g/mol. The van der Waals surface area contributed by atoms with E-state index in [1.807, 2.05) is 31.2 Å². The SMILES string of the molecule is Cc1cc2cc(Cl)ccc2c(CN)n1. The van der Waals surface area contributed by atoms with Gasteiger partial charge in [-0.05, 0) is 30.5 Å². The number of benzene rings is 1. The molecule has 1 aromatic heterocycles. The van der Waals surface area contributed by atoms with Crippen molar-refractivity contribution < 1.29 is 0 Å². The second-order valence-corrected chi connectivity index (χ2v) is 3.72. The second-order valence-electron chi connectivity index (χ2n) is 3.28. The number of halogens is 1. The van der Waals surface area contributed by atoms with Crippen LogP contribution in [0.2, 0.25) is 5.02 Å². The lowest BCUT2D eigenvalue weighted by Crippen LogP contribution is -2.01. The molecule has 0 aliphatic rings. The fourth-order valence-electron chi connectivity index (χ4n) is 1.60. The second kappa shape index (κ2) is 3.56. The highest BCUT2D eigenvalue weighted by Gasteiger charge is 2.02. The van der Waals surface area contributed by atoms with E-state index < -0.39 is 0 Å². The maximum Gasteiger partial charge on any atom is 0.0620 e. The minimum Gasteiger partial charge on any atom is -0.325 e. The first kappa shape index (κ1) is 9.44. The molecule has 1 aromatic carbocycles. The number of aryl methyl sites for hydroxylation is 1. The molecule has 2 aromatic rings.